The second-order valence-electron chi connectivity index (χ2n) is 3.34. The van der Waals surface area contributed by atoms with Crippen molar-refractivity contribution in [3.8, 4) is 0 Å². The van der Waals surface area contributed by atoms with Gasteiger partial charge in [-0.25, -0.2) is 0 Å². The van der Waals surface area contributed by atoms with Crippen LogP contribution in [0.25, 0.3) is 0 Å². The van der Waals surface area contributed by atoms with Crippen LogP contribution in [0.1, 0.15) is 20.9 Å². The van der Waals surface area contributed by atoms with Crippen molar-refractivity contribution in [2.24, 2.45) is 0 Å². The molecule has 2 heterocycles. The maximum absolute atomic E-state index is 11.8. The Bertz CT molecular complexity index is 462. The fourth-order valence-electron chi connectivity index (χ4n) is 1.38. The van der Waals surface area contributed by atoms with E-state index in [1.807, 2.05) is 36.6 Å². The van der Waals surface area contributed by atoms with E-state index in [0.29, 0.717) is 6.42 Å². The molecule has 0 radical (unpaired) electrons. The predicted molar refractivity (Wildman–Crippen MR) is 61.3 cm³/mol. The van der Waals surface area contributed by atoms with Gasteiger partial charge in [0.15, 0.2) is 5.78 Å². The summed E-state index contributed by atoms with van der Waals surface area (Å²) in [6.07, 6.45) is 2.12. The molecular weight excluding hydrogens is 206 g/mol. The zero-order valence-electron chi connectivity index (χ0n) is 8.43. The van der Waals surface area contributed by atoms with Crippen LogP contribution in [0.2, 0.25) is 0 Å². The monoisotopic (exact) mass is 217 g/mol. The van der Waals surface area contributed by atoms with Gasteiger partial charge < -0.3 is 0 Å². The van der Waals surface area contributed by atoms with Crippen molar-refractivity contribution in [2.75, 3.05) is 0 Å². The molecule has 0 spiro atoms. The van der Waals surface area contributed by atoms with Crippen molar-refractivity contribution < 1.29 is 4.79 Å². The highest BCUT2D eigenvalue weighted by atomic mass is 32.1. The number of hydrogen-bond acceptors (Lipinski definition) is 3. The molecule has 0 aliphatic rings. The average molecular weight is 217 g/mol. The zero-order valence-corrected chi connectivity index (χ0v) is 9.25. The molecule has 0 saturated carbocycles. The molecular formula is C12H11NOS. The highest BCUT2D eigenvalue weighted by Gasteiger charge is 2.09. The molecule has 2 aromatic heterocycles. The minimum Gasteiger partial charge on any atom is -0.293 e. The summed E-state index contributed by atoms with van der Waals surface area (Å²) >= 11 is 1.48. The van der Waals surface area contributed by atoms with E-state index in [0.717, 1.165) is 16.1 Å². The summed E-state index contributed by atoms with van der Waals surface area (Å²) in [6, 6.07) is 7.60. The molecule has 0 bridgehead atoms. The number of aryl methyl sites for hydroxylation is 1. The smallest absolute Gasteiger partial charge is 0.178 e. The van der Waals surface area contributed by atoms with E-state index >= 15 is 0 Å². The van der Waals surface area contributed by atoms with Crippen molar-refractivity contribution >= 4 is 17.1 Å². The third kappa shape index (κ3) is 2.30. The van der Waals surface area contributed by atoms with Crippen LogP contribution < -0.4 is 0 Å². The minimum absolute atomic E-state index is 0.145. The highest BCUT2D eigenvalue weighted by molar-refractivity contribution is 7.12. The Morgan fingerprint density at radius 1 is 1.40 bits per heavy atom. The fourth-order valence-corrected chi connectivity index (χ4v) is 2.04. The number of pyridine rings is 1. The molecule has 2 nitrogen and oxygen atoms in total. The Morgan fingerprint density at radius 2 is 2.27 bits per heavy atom. The number of thiophene rings is 1. The Hall–Kier alpha value is -1.48. The number of aromatic nitrogens is 1. The lowest BCUT2D eigenvalue weighted by Gasteiger charge is -2.01. The van der Waals surface area contributed by atoms with E-state index < -0.39 is 0 Å². The van der Waals surface area contributed by atoms with Crippen LogP contribution >= 0.6 is 11.3 Å². The Morgan fingerprint density at radius 3 is 2.93 bits per heavy atom. The van der Waals surface area contributed by atoms with Gasteiger partial charge in [-0.3, -0.25) is 9.78 Å². The summed E-state index contributed by atoms with van der Waals surface area (Å²) in [7, 11) is 0. The number of carbonyl (C=O) groups is 1. The summed E-state index contributed by atoms with van der Waals surface area (Å²) in [5.74, 6) is 0.145. The summed E-state index contributed by atoms with van der Waals surface area (Å²) in [5.41, 5.74) is 1.94. The lowest BCUT2D eigenvalue weighted by molar-refractivity contribution is 0.0995. The van der Waals surface area contributed by atoms with Crippen molar-refractivity contribution in [3.05, 3.63) is 52.0 Å². The van der Waals surface area contributed by atoms with Gasteiger partial charge in [-0.05, 0) is 30.0 Å². The van der Waals surface area contributed by atoms with Crippen molar-refractivity contribution in [1.29, 1.82) is 0 Å². The number of hydrogen-bond donors (Lipinski definition) is 0. The van der Waals surface area contributed by atoms with Crippen LogP contribution in [0.4, 0.5) is 0 Å². The van der Waals surface area contributed by atoms with Crippen molar-refractivity contribution in [2.45, 2.75) is 13.3 Å². The van der Waals surface area contributed by atoms with Gasteiger partial charge in [0.25, 0.3) is 0 Å². The molecule has 2 rings (SSSR count). The Balaban J connectivity index is 2.17. The first-order valence-electron chi connectivity index (χ1n) is 4.74. The molecule has 0 N–H and O–H groups in total. The first kappa shape index (κ1) is 10.1. The first-order chi connectivity index (χ1) is 7.27. The van der Waals surface area contributed by atoms with Crippen LogP contribution in [0.15, 0.2) is 35.8 Å². The van der Waals surface area contributed by atoms with Gasteiger partial charge in [-0.15, -0.1) is 11.3 Å². The molecule has 15 heavy (non-hydrogen) atoms. The summed E-state index contributed by atoms with van der Waals surface area (Å²) in [4.78, 5) is 16.8. The number of rotatable bonds is 3. The van der Waals surface area contributed by atoms with E-state index in [1.165, 1.54) is 11.3 Å². The molecule has 76 valence electrons. The normalized spacial score (nSPS) is 10.2. The summed E-state index contributed by atoms with van der Waals surface area (Å²) in [6.45, 7) is 1.98. The number of nitrogens with zero attached hydrogens (tertiary/aromatic N) is 1. The topological polar surface area (TPSA) is 30.0 Å². The maximum Gasteiger partial charge on any atom is 0.178 e. The van der Waals surface area contributed by atoms with Crippen LogP contribution in [0, 0.1) is 6.92 Å². The number of ketones is 1. The molecule has 0 unspecified atom stereocenters. The number of Topliss-reactive ketones (excluding diaryl/α,β-unsaturated/α-hetero) is 1. The van der Waals surface area contributed by atoms with Crippen LogP contribution in [-0.4, -0.2) is 10.8 Å². The van der Waals surface area contributed by atoms with Crippen LogP contribution in [-0.2, 0) is 6.42 Å². The van der Waals surface area contributed by atoms with Gasteiger partial charge in [0.2, 0.25) is 0 Å². The molecule has 0 aliphatic heterocycles. The molecule has 0 saturated heterocycles. The van der Waals surface area contributed by atoms with Gasteiger partial charge in [-0.2, -0.15) is 0 Å². The van der Waals surface area contributed by atoms with Gasteiger partial charge in [-0.1, -0.05) is 12.1 Å². The lowest BCUT2D eigenvalue weighted by Crippen LogP contribution is -2.04. The number of carbonyl (C=O) groups excluding carboxylic acids is 1. The molecule has 0 aliphatic carbocycles. The predicted octanol–water partition coefficient (Wildman–Crippen LogP) is 2.88. The molecule has 0 aromatic carbocycles. The Kier molecular flexibility index (Phi) is 2.92. The summed E-state index contributed by atoms with van der Waals surface area (Å²) in [5, 5.41) is 1.92. The van der Waals surface area contributed by atoms with Crippen LogP contribution in [0.3, 0.4) is 0 Å². The molecule has 0 amide bonds. The third-order valence-corrected chi connectivity index (χ3v) is 3.15. The third-order valence-electron chi connectivity index (χ3n) is 2.24. The fraction of sp³-hybridized carbons (Fsp3) is 0.167. The average Bonchev–Trinajstić information content (AvgIpc) is 2.74. The zero-order chi connectivity index (χ0) is 10.7. The van der Waals surface area contributed by atoms with E-state index in [2.05, 4.69) is 4.98 Å². The van der Waals surface area contributed by atoms with E-state index in [9.17, 15) is 4.79 Å². The van der Waals surface area contributed by atoms with E-state index in [1.54, 1.807) is 6.20 Å². The van der Waals surface area contributed by atoms with Crippen molar-refractivity contribution in [1.82, 2.24) is 4.98 Å². The van der Waals surface area contributed by atoms with Gasteiger partial charge >= 0.3 is 0 Å². The largest absolute Gasteiger partial charge is 0.293 e. The quantitative estimate of drug-likeness (QED) is 0.740. The molecule has 3 heteroatoms. The second kappa shape index (κ2) is 4.36. The second-order valence-corrected chi connectivity index (χ2v) is 4.29. The standard InChI is InChI=1S/C12H11NOS/c1-9-4-2-6-13-10(9)8-11(14)12-5-3-7-15-12/h2-7H,8H2,1H3. The van der Waals surface area contributed by atoms with Gasteiger partial charge in [0.05, 0.1) is 17.0 Å². The minimum atomic E-state index is 0.145. The summed E-state index contributed by atoms with van der Waals surface area (Å²) < 4.78 is 0. The molecule has 0 atom stereocenters. The van der Waals surface area contributed by atoms with Gasteiger partial charge in [0.1, 0.15) is 0 Å². The maximum atomic E-state index is 11.8. The SMILES string of the molecule is Cc1cccnc1CC(=O)c1cccs1. The Labute approximate surface area is 92.6 Å². The molecule has 2 aromatic rings. The first-order valence-corrected chi connectivity index (χ1v) is 5.62. The van der Waals surface area contributed by atoms with E-state index in [-0.39, 0.29) is 5.78 Å². The van der Waals surface area contributed by atoms with E-state index in [4.69, 9.17) is 0 Å². The van der Waals surface area contributed by atoms with Gasteiger partial charge in [0, 0.05) is 6.20 Å². The van der Waals surface area contributed by atoms with Crippen molar-refractivity contribution in [3.63, 3.8) is 0 Å². The van der Waals surface area contributed by atoms with Crippen LogP contribution in [0.5, 0.6) is 0 Å². The lowest BCUT2D eigenvalue weighted by atomic mass is 10.1. The highest BCUT2D eigenvalue weighted by Crippen LogP contribution is 2.13. The molecule has 0 fully saturated rings.